The van der Waals surface area contributed by atoms with Gasteiger partial charge < -0.3 is 14.8 Å². The van der Waals surface area contributed by atoms with Gasteiger partial charge in [0, 0.05) is 16.2 Å². The number of nitrogens with zero attached hydrogens (tertiary/aromatic N) is 1. The van der Waals surface area contributed by atoms with Gasteiger partial charge in [0.15, 0.2) is 11.8 Å². The van der Waals surface area contributed by atoms with Crippen molar-refractivity contribution in [3.05, 3.63) is 70.3 Å². The van der Waals surface area contributed by atoms with Crippen LogP contribution in [0.25, 0.3) is 22.0 Å². The monoisotopic (exact) mass is 408 g/mol. The summed E-state index contributed by atoms with van der Waals surface area (Å²) in [7, 11) is 0. The van der Waals surface area contributed by atoms with Crippen LogP contribution in [0.15, 0.2) is 59.2 Å². The van der Waals surface area contributed by atoms with Gasteiger partial charge in [-0.25, -0.2) is 0 Å². The zero-order chi connectivity index (χ0) is 17.8. The molecule has 0 bridgehead atoms. The molecular formula is C21H17BrN2O2. The zero-order valence-electron chi connectivity index (χ0n) is 13.9. The first kappa shape index (κ1) is 15.6. The molecule has 5 rings (SSSR count). The molecule has 0 amide bonds. The van der Waals surface area contributed by atoms with Crippen LogP contribution in [0, 0.1) is 0 Å². The van der Waals surface area contributed by atoms with Gasteiger partial charge in [-0.05, 0) is 47.6 Å². The normalized spacial score (nSPS) is 16.3. The number of para-hydroxylation sites is 1. The number of hydrogen-bond donors (Lipinski definition) is 3. The Balaban J connectivity index is 1.73. The summed E-state index contributed by atoms with van der Waals surface area (Å²) in [4.78, 5) is 2.72. The van der Waals surface area contributed by atoms with E-state index in [1.54, 1.807) is 0 Å². The molecule has 5 heteroatoms. The van der Waals surface area contributed by atoms with Crippen molar-refractivity contribution < 1.29 is 10.2 Å². The van der Waals surface area contributed by atoms with E-state index >= 15 is 0 Å². The van der Waals surface area contributed by atoms with E-state index in [-0.39, 0.29) is 17.8 Å². The molecule has 1 unspecified atom stereocenters. The second-order valence-corrected chi connectivity index (χ2v) is 7.67. The molecule has 26 heavy (non-hydrogen) atoms. The second kappa shape index (κ2) is 5.68. The van der Waals surface area contributed by atoms with Crippen molar-refractivity contribution in [2.45, 2.75) is 18.9 Å². The Bertz CT molecular complexity index is 1130. The molecule has 1 aliphatic rings. The number of aryl methyl sites for hydroxylation is 1. The minimum Gasteiger partial charge on any atom is -0.494 e. The smallest absolute Gasteiger partial charge is 0.199 e. The minimum atomic E-state index is -0.0294. The standard InChI is InChI=1S/C21H17BrN2O2/c22-15-7-4-12(5-8-15)17-18(21(26)23-20(17)25)16-9-6-13-2-1-3-14-10-11-24(16)19(13)14/h1-5,7-8,10-11,16,23,25-26H,6,9H2. The molecule has 0 fully saturated rings. The third-order valence-corrected chi connectivity index (χ3v) is 5.84. The Labute approximate surface area is 158 Å². The lowest BCUT2D eigenvalue weighted by atomic mass is 9.91. The lowest BCUT2D eigenvalue weighted by Crippen LogP contribution is -2.16. The number of aromatic nitrogens is 2. The molecule has 2 aromatic heterocycles. The highest BCUT2D eigenvalue weighted by Crippen LogP contribution is 2.46. The van der Waals surface area contributed by atoms with Crippen molar-refractivity contribution in [3.63, 3.8) is 0 Å². The first-order valence-corrected chi connectivity index (χ1v) is 9.41. The highest BCUT2D eigenvalue weighted by Gasteiger charge is 2.30. The maximum absolute atomic E-state index is 10.6. The van der Waals surface area contributed by atoms with E-state index in [4.69, 9.17) is 0 Å². The SMILES string of the molecule is Oc1[nH]c(O)c(C2CCc3cccc4ccn2c34)c1-c1ccc(Br)cc1. The lowest BCUT2D eigenvalue weighted by Gasteiger charge is -2.27. The maximum atomic E-state index is 10.6. The summed E-state index contributed by atoms with van der Waals surface area (Å²) in [6, 6.07) is 16.2. The van der Waals surface area contributed by atoms with Crippen molar-refractivity contribution in [2.75, 3.05) is 0 Å². The van der Waals surface area contributed by atoms with Crippen molar-refractivity contribution in [2.24, 2.45) is 0 Å². The van der Waals surface area contributed by atoms with Gasteiger partial charge in [0.25, 0.3) is 0 Å². The fourth-order valence-corrected chi connectivity index (χ4v) is 4.46. The van der Waals surface area contributed by atoms with E-state index < -0.39 is 0 Å². The first-order chi connectivity index (χ1) is 12.6. The molecule has 0 saturated carbocycles. The molecule has 1 aliphatic heterocycles. The highest BCUT2D eigenvalue weighted by atomic mass is 79.9. The van der Waals surface area contributed by atoms with Crippen LogP contribution in [0.2, 0.25) is 0 Å². The van der Waals surface area contributed by atoms with Gasteiger partial charge in [-0.15, -0.1) is 0 Å². The molecule has 0 spiro atoms. The number of halogens is 1. The van der Waals surface area contributed by atoms with E-state index in [0.29, 0.717) is 5.56 Å². The van der Waals surface area contributed by atoms with Crippen molar-refractivity contribution in [1.29, 1.82) is 0 Å². The average molecular weight is 409 g/mol. The van der Waals surface area contributed by atoms with Crippen LogP contribution in [0.3, 0.4) is 0 Å². The molecule has 3 N–H and O–H groups in total. The van der Waals surface area contributed by atoms with E-state index in [2.05, 4.69) is 55.9 Å². The Hall–Kier alpha value is -2.66. The van der Waals surface area contributed by atoms with E-state index in [1.165, 1.54) is 16.5 Å². The fourth-order valence-electron chi connectivity index (χ4n) is 4.19. The van der Waals surface area contributed by atoms with Crippen molar-refractivity contribution in [3.8, 4) is 22.9 Å². The summed E-state index contributed by atoms with van der Waals surface area (Å²) in [5.41, 5.74) is 4.83. The van der Waals surface area contributed by atoms with Crippen molar-refractivity contribution in [1.82, 2.24) is 9.55 Å². The molecule has 0 aliphatic carbocycles. The van der Waals surface area contributed by atoms with Gasteiger partial charge in [-0.1, -0.05) is 46.3 Å². The lowest BCUT2D eigenvalue weighted by molar-refractivity contribution is 0.416. The summed E-state index contributed by atoms with van der Waals surface area (Å²) in [5, 5.41) is 22.3. The number of H-pyrrole nitrogens is 1. The van der Waals surface area contributed by atoms with Crippen LogP contribution >= 0.6 is 15.9 Å². The van der Waals surface area contributed by atoms with E-state index in [9.17, 15) is 10.2 Å². The third kappa shape index (κ3) is 2.20. The Morgan fingerprint density at radius 3 is 2.62 bits per heavy atom. The predicted octanol–water partition coefficient (Wildman–Crippen LogP) is 5.35. The van der Waals surface area contributed by atoms with Gasteiger partial charge in [-0.3, -0.25) is 4.98 Å². The number of aromatic hydroxyl groups is 2. The van der Waals surface area contributed by atoms with Crippen LogP contribution in [0.1, 0.15) is 23.6 Å². The summed E-state index contributed by atoms with van der Waals surface area (Å²) in [5.74, 6) is 0.0359. The average Bonchev–Trinajstić information content (AvgIpc) is 3.19. The molecule has 130 valence electrons. The predicted molar refractivity (Wildman–Crippen MR) is 106 cm³/mol. The fraction of sp³-hybridized carbons (Fsp3) is 0.143. The van der Waals surface area contributed by atoms with Crippen LogP contribution in [-0.4, -0.2) is 19.8 Å². The van der Waals surface area contributed by atoms with Gasteiger partial charge in [0.1, 0.15) is 0 Å². The molecule has 0 saturated heterocycles. The topological polar surface area (TPSA) is 61.2 Å². The summed E-state index contributed by atoms with van der Waals surface area (Å²) >= 11 is 3.45. The zero-order valence-corrected chi connectivity index (χ0v) is 15.5. The van der Waals surface area contributed by atoms with E-state index in [1.807, 2.05) is 24.3 Å². The van der Waals surface area contributed by atoms with Crippen LogP contribution < -0.4 is 0 Å². The molecule has 2 aromatic carbocycles. The number of rotatable bonds is 2. The largest absolute Gasteiger partial charge is 0.494 e. The van der Waals surface area contributed by atoms with Crippen LogP contribution in [-0.2, 0) is 6.42 Å². The molecule has 1 atom stereocenters. The number of benzene rings is 2. The van der Waals surface area contributed by atoms with Crippen LogP contribution in [0.5, 0.6) is 11.8 Å². The summed E-state index contributed by atoms with van der Waals surface area (Å²) in [6.07, 6.45) is 3.89. The van der Waals surface area contributed by atoms with Gasteiger partial charge in [-0.2, -0.15) is 0 Å². The molecule has 4 aromatic rings. The summed E-state index contributed by atoms with van der Waals surface area (Å²) < 4.78 is 3.19. The maximum Gasteiger partial charge on any atom is 0.199 e. The molecule has 3 heterocycles. The Morgan fingerprint density at radius 1 is 1.00 bits per heavy atom. The number of aromatic amines is 1. The van der Waals surface area contributed by atoms with Gasteiger partial charge in [0.05, 0.1) is 17.1 Å². The molecule has 0 radical (unpaired) electrons. The second-order valence-electron chi connectivity index (χ2n) is 6.75. The number of hydrogen-bond acceptors (Lipinski definition) is 2. The highest BCUT2D eigenvalue weighted by molar-refractivity contribution is 9.10. The quantitative estimate of drug-likeness (QED) is 0.418. The Morgan fingerprint density at radius 2 is 1.81 bits per heavy atom. The third-order valence-electron chi connectivity index (χ3n) is 5.31. The molecular weight excluding hydrogens is 392 g/mol. The van der Waals surface area contributed by atoms with Gasteiger partial charge >= 0.3 is 0 Å². The Kier molecular flexibility index (Phi) is 3.40. The van der Waals surface area contributed by atoms with Crippen LogP contribution in [0.4, 0.5) is 0 Å². The summed E-state index contributed by atoms with van der Waals surface area (Å²) in [6.45, 7) is 0. The van der Waals surface area contributed by atoms with E-state index in [0.717, 1.165) is 28.4 Å². The molecule has 4 nitrogen and oxygen atoms in total. The minimum absolute atomic E-state index is 0.00193. The van der Waals surface area contributed by atoms with Gasteiger partial charge in [0.2, 0.25) is 0 Å². The first-order valence-electron chi connectivity index (χ1n) is 8.61. The van der Waals surface area contributed by atoms with Crippen molar-refractivity contribution >= 4 is 26.8 Å². The number of nitrogens with one attached hydrogen (secondary N) is 1.